The Morgan fingerprint density at radius 1 is 1.10 bits per heavy atom. The van der Waals surface area contributed by atoms with E-state index in [4.69, 9.17) is 9.47 Å². The molecule has 2 aromatic rings. The predicted octanol–water partition coefficient (Wildman–Crippen LogP) is 3.30. The number of hydrogen-bond acceptors (Lipinski definition) is 6. The number of aromatic nitrogens is 1. The maximum Gasteiger partial charge on any atom is 0.191 e. The smallest absolute Gasteiger partial charge is 0.191 e. The van der Waals surface area contributed by atoms with E-state index in [1.165, 1.54) is 5.56 Å². The monoisotopic (exact) mass is 419 g/mol. The van der Waals surface area contributed by atoms with Gasteiger partial charge in [-0.1, -0.05) is 6.07 Å². The Morgan fingerprint density at radius 2 is 1.86 bits per heavy atom. The number of hydrogen-bond donors (Lipinski definition) is 2. The number of nitrogens with zero attached hydrogens (tertiary/aromatic N) is 3. The van der Waals surface area contributed by atoms with Crippen molar-refractivity contribution in [3.05, 3.63) is 34.8 Å². The van der Waals surface area contributed by atoms with Crippen LogP contribution < -0.4 is 25.0 Å². The van der Waals surface area contributed by atoms with Crippen LogP contribution in [0.25, 0.3) is 0 Å². The highest BCUT2D eigenvalue weighted by Crippen LogP contribution is 2.28. The van der Waals surface area contributed by atoms with Gasteiger partial charge in [0, 0.05) is 32.6 Å². The van der Waals surface area contributed by atoms with Crippen LogP contribution in [0, 0.1) is 0 Å². The summed E-state index contributed by atoms with van der Waals surface area (Å²) in [5.74, 6) is 2.39. The summed E-state index contributed by atoms with van der Waals surface area (Å²) in [7, 11) is 3.99. The summed E-state index contributed by atoms with van der Waals surface area (Å²) in [5, 5.41) is 9.73. The van der Waals surface area contributed by atoms with E-state index < -0.39 is 0 Å². The summed E-state index contributed by atoms with van der Waals surface area (Å²) in [6.07, 6.45) is 0.859. The van der Waals surface area contributed by atoms with Crippen molar-refractivity contribution < 1.29 is 9.47 Å². The molecule has 0 unspecified atom stereocenters. The van der Waals surface area contributed by atoms with E-state index >= 15 is 0 Å². The molecule has 0 aliphatic carbocycles. The van der Waals surface area contributed by atoms with Gasteiger partial charge < -0.3 is 25.0 Å². The van der Waals surface area contributed by atoms with Crippen LogP contribution in [0.15, 0.2) is 28.6 Å². The molecule has 0 aliphatic rings. The lowest BCUT2D eigenvalue weighted by Crippen LogP contribution is -2.38. The van der Waals surface area contributed by atoms with Crippen LogP contribution in [0.5, 0.6) is 11.5 Å². The number of ether oxygens (including phenoxy) is 2. The minimum atomic E-state index is 0.553. The summed E-state index contributed by atoms with van der Waals surface area (Å²) in [6.45, 7) is 9.38. The molecule has 160 valence electrons. The van der Waals surface area contributed by atoms with Crippen LogP contribution in [0.3, 0.4) is 0 Å². The zero-order valence-electron chi connectivity index (χ0n) is 18.1. The normalized spacial score (nSPS) is 11.3. The van der Waals surface area contributed by atoms with Crippen LogP contribution >= 0.6 is 11.3 Å². The van der Waals surface area contributed by atoms with E-state index in [2.05, 4.69) is 45.0 Å². The molecule has 1 aromatic heterocycles. The van der Waals surface area contributed by atoms with E-state index in [1.54, 1.807) is 11.3 Å². The van der Waals surface area contributed by atoms with Gasteiger partial charge in [0.15, 0.2) is 22.6 Å². The Hall–Kier alpha value is -2.48. The first-order chi connectivity index (χ1) is 14.1. The first-order valence-corrected chi connectivity index (χ1v) is 11.0. The van der Waals surface area contributed by atoms with E-state index in [0.29, 0.717) is 19.8 Å². The molecule has 0 fully saturated rings. The fourth-order valence-electron chi connectivity index (χ4n) is 2.65. The fourth-order valence-corrected chi connectivity index (χ4v) is 3.40. The molecular formula is C21H33N5O2S. The zero-order valence-corrected chi connectivity index (χ0v) is 18.9. The van der Waals surface area contributed by atoms with E-state index in [1.807, 2.05) is 38.9 Å². The third kappa shape index (κ3) is 7.45. The number of aliphatic imine (C=N–C) groups is 1. The van der Waals surface area contributed by atoms with Gasteiger partial charge in [0.2, 0.25) is 0 Å². The predicted molar refractivity (Wildman–Crippen MR) is 122 cm³/mol. The Bertz CT molecular complexity index is 776. The van der Waals surface area contributed by atoms with Gasteiger partial charge in [0.25, 0.3) is 0 Å². The third-order valence-electron chi connectivity index (χ3n) is 3.98. The molecule has 0 amide bonds. The lowest BCUT2D eigenvalue weighted by Gasteiger charge is -2.14. The fraction of sp³-hybridized carbons (Fsp3) is 0.524. The molecule has 0 saturated heterocycles. The van der Waals surface area contributed by atoms with Crippen molar-refractivity contribution in [2.24, 2.45) is 4.99 Å². The Kier molecular flexibility index (Phi) is 9.56. The van der Waals surface area contributed by atoms with Gasteiger partial charge >= 0.3 is 0 Å². The Labute approximate surface area is 178 Å². The summed E-state index contributed by atoms with van der Waals surface area (Å²) in [4.78, 5) is 11.2. The largest absolute Gasteiger partial charge is 0.490 e. The molecule has 0 bridgehead atoms. The third-order valence-corrected chi connectivity index (χ3v) is 5.04. The van der Waals surface area contributed by atoms with Crippen LogP contribution in [-0.4, -0.2) is 51.3 Å². The standard InChI is InChI=1S/C21H33N5O2S/c1-6-22-20(24-14-17-15-29-21(25-17)26(4)5)23-12-11-16-9-10-18(27-7-2)19(13-16)28-8-3/h9-10,13,15H,6-8,11-12,14H2,1-5H3,(H2,22,23,24). The van der Waals surface area contributed by atoms with E-state index in [9.17, 15) is 0 Å². The van der Waals surface area contributed by atoms with Crippen LogP contribution in [0.2, 0.25) is 0 Å². The van der Waals surface area contributed by atoms with Crippen molar-refractivity contribution in [3.63, 3.8) is 0 Å². The second kappa shape index (κ2) is 12.2. The van der Waals surface area contributed by atoms with Gasteiger partial charge in [-0.3, -0.25) is 0 Å². The summed E-state index contributed by atoms with van der Waals surface area (Å²) in [6, 6.07) is 6.11. The quantitative estimate of drug-likeness (QED) is 0.430. The van der Waals surface area contributed by atoms with Gasteiger partial charge in [-0.25, -0.2) is 9.98 Å². The highest BCUT2D eigenvalue weighted by atomic mass is 32.1. The number of nitrogens with one attached hydrogen (secondary N) is 2. The number of thiazole rings is 1. The van der Waals surface area contributed by atoms with Crippen molar-refractivity contribution >= 4 is 22.4 Å². The molecule has 7 nitrogen and oxygen atoms in total. The topological polar surface area (TPSA) is 71.0 Å². The van der Waals surface area contributed by atoms with E-state index in [0.717, 1.165) is 47.8 Å². The Balaban J connectivity index is 1.93. The first kappa shape index (κ1) is 22.8. The average molecular weight is 420 g/mol. The molecule has 0 spiro atoms. The molecule has 1 heterocycles. The van der Waals surface area contributed by atoms with Gasteiger partial charge in [0.1, 0.15) is 0 Å². The maximum absolute atomic E-state index is 5.71. The van der Waals surface area contributed by atoms with Gasteiger partial charge in [-0.05, 0) is 44.9 Å². The molecule has 29 heavy (non-hydrogen) atoms. The van der Waals surface area contributed by atoms with Crippen molar-refractivity contribution in [2.75, 3.05) is 45.3 Å². The molecule has 0 aliphatic heterocycles. The molecule has 2 N–H and O–H groups in total. The second-order valence-electron chi connectivity index (χ2n) is 6.53. The lowest BCUT2D eigenvalue weighted by molar-refractivity contribution is 0.287. The summed E-state index contributed by atoms with van der Waals surface area (Å²) in [5.41, 5.74) is 2.17. The number of anilines is 1. The maximum atomic E-state index is 5.71. The number of benzene rings is 1. The molecule has 8 heteroatoms. The number of guanidine groups is 1. The zero-order chi connectivity index (χ0) is 21.1. The highest BCUT2D eigenvalue weighted by Gasteiger charge is 2.07. The van der Waals surface area contributed by atoms with Crippen molar-refractivity contribution in [1.29, 1.82) is 0 Å². The molecule has 2 rings (SSSR count). The minimum Gasteiger partial charge on any atom is -0.490 e. The molecule has 1 aromatic carbocycles. The molecule has 0 saturated carbocycles. The molecule has 0 atom stereocenters. The molecule has 0 radical (unpaired) electrons. The molecular weight excluding hydrogens is 386 g/mol. The van der Waals surface area contributed by atoms with Gasteiger partial charge in [-0.2, -0.15) is 0 Å². The second-order valence-corrected chi connectivity index (χ2v) is 7.37. The van der Waals surface area contributed by atoms with Crippen molar-refractivity contribution in [1.82, 2.24) is 15.6 Å². The lowest BCUT2D eigenvalue weighted by atomic mass is 10.1. The van der Waals surface area contributed by atoms with Crippen LogP contribution in [-0.2, 0) is 13.0 Å². The average Bonchev–Trinajstić information content (AvgIpc) is 3.18. The number of rotatable bonds is 11. The summed E-state index contributed by atoms with van der Waals surface area (Å²) < 4.78 is 11.3. The SMILES string of the molecule is CCNC(=NCc1csc(N(C)C)n1)NCCc1ccc(OCC)c(OCC)c1. The van der Waals surface area contributed by atoms with Crippen molar-refractivity contribution in [3.8, 4) is 11.5 Å². The Morgan fingerprint density at radius 3 is 2.52 bits per heavy atom. The minimum absolute atomic E-state index is 0.553. The van der Waals surface area contributed by atoms with Gasteiger partial charge in [0.05, 0.1) is 25.5 Å². The van der Waals surface area contributed by atoms with Crippen LogP contribution in [0.4, 0.5) is 5.13 Å². The highest BCUT2D eigenvalue weighted by molar-refractivity contribution is 7.13. The first-order valence-electron chi connectivity index (χ1n) is 10.1. The van der Waals surface area contributed by atoms with Crippen LogP contribution in [0.1, 0.15) is 32.0 Å². The van der Waals surface area contributed by atoms with Gasteiger partial charge in [-0.15, -0.1) is 11.3 Å². The summed E-state index contributed by atoms with van der Waals surface area (Å²) >= 11 is 1.63. The van der Waals surface area contributed by atoms with Crippen molar-refractivity contribution in [2.45, 2.75) is 33.7 Å². The van der Waals surface area contributed by atoms with E-state index in [-0.39, 0.29) is 0 Å².